The summed E-state index contributed by atoms with van der Waals surface area (Å²) < 4.78 is 11.3. The summed E-state index contributed by atoms with van der Waals surface area (Å²) in [5, 5.41) is 0. The van der Waals surface area contributed by atoms with Crippen LogP contribution in [0.15, 0.2) is 55.1 Å². The first-order chi connectivity index (χ1) is 9.81. The molecule has 0 spiro atoms. The molecule has 0 amide bonds. The third-order valence-corrected chi connectivity index (χ3v) is 3.21. The third-order valence-electron chi connectivity index (χ3n) is 3.21. The van der Waals surface area contributed by atoms with Crippen LogP contribution in [0.5, 0.6) is 11.5 Å². The minimum absolute atomic E-state index is 0.0623. The highest BCUT2D eigenvalue weighted by atomic mass is 16.5. The molecule has 1 heterocycles. The van der Waals surface area contributed by atoms with Crippen LogP contribution in [-0.2, 0) is 6.61 Å². The number of rotatable bonds is 3. The molecule has 3 rings (SSSR count). The van der Waals surface area contributed by atoms with Crippen molar-refractivity contribution in [2.75, 3.05) is 6.61 Å². The fraction of sp³-hybridized carbons (Fsp3) is 0.118. The fourth-order valence-electron chi connectivity index (χ4n) is 2.29. The first-order valence-electron chi connectivity index (χ1n) is 6.43. The average Bonchev–Trinajstić information content (AvgIpc) is 2.64. The minimum Gasteiger partial charge on any atom is -0.489 e. The molecule has 1 aliphatic rings. The predicted octanol–water partition coefficient (Wildman–Crippen LogP) is 3.37. The summed E-state index contributed by atoms with van der Waals surface area (Å²) in [6.07, 6.45) is 1.66. The predicted molar refractivity (Wildman–Crippen MR) is 76.3 cm³/mol. The van der Waals surface area contributed by atoms with Gasteiger partial charge in [0, 0.05) is 5.56 Å². The van der Waals surface area contributed by atoms with E-state index in [0.29, 0.717) is 35.8 Å². The Morgan fingerprint density at radius 3 is 2.90 bits per heavy atom. The molecule has 2 aromatic rings. The Morgan fingerprint density at radius 1 is 1.20 bits per heavy atom. The van der Waals surface area contributed by atoms with Gasteiger partial charge in [0.1, 0.15) is 24.7 Å². The average molecular weight is 266 g/mol. The zero-order valence-corrected chi connectivity index (χ0v) is 11.0. The summed E-state index contributed by atoms with van der Waals surface area (Å²) in [6.45, 7) is 4.36. The van der Waals surface area contributed by atoms with Gasteiger partial charge in [0.05, 0.1) is 11.1 Å². The molecule has 20 heavy (non-hydrogen) atoms. The Hall–Kier alpha value is -2.55. The molecule has 2 aromatic carbocycles. The van der Waals surface area contributed by atoms with Gasteiger partial charge in [0.15, 0.2) is 0 Å². The first kappa shape index (κ1) is 12.5. The maximum absolute atomic E-state index is 12.7. The van der Waals surface area contributed by atoms with Gasteiger partial charge in [-0.3, -0.25) is 4.79 Å². The molecule has 0 aromatic heterocycles. The molecule has 0 N–H and O–H groups in total. The summed E-state index contributed by atoms with van der Waals surface area (Å²) in [5.41, 5.74) is 1.99. The molecule has 3 nitrogen and oxygen atoms in total. The van der Waals surface area contributed by atoms with Crippen LogP contribution >= 0.6 is 0 Å². The molecule has 0 unspecified atom stereocenters. The zero-order valence-electron chi connectivity index (χ0n) is 11.0. The quantitative estimate of drug-likeness (QED) is 0.799. The van der Waals surface area contributed by atoms with Crippen molar-refractivity contribution < 1.29 is 14.3 Å². The van der Waals surface area contributed by atoms with Crippen molar-refractivity contribution in [2.24, 2.45) is 0 Å². The van der Waals surface area contributed by atoms with Crippen LogP contribution in [0.4, 0.5) is 0 Å². The Morgan fingerprint density at radius 2 is 2.05 bits per heavy atom. The maximum atomic E-state index is 12.7. The van der Waals surface area contributed by atoms with Gasteiger partial charge >= 0.3 is 0 Å². The number of carbonyl (C=O) groups is 1. The molecular formula is C17H14O3. The SMILES string of the molecule is C=CCOc1cccc2c1C(=O)c1ccccc1OC2. The lowest BCUT2D eigenvalue weighted by Crippen LogP contribution is -2.07. The topological polar surface area (TPSA) is 35.5 Å². The van der Waals surface area contributed by atoms with Gasteiger partial charge in [0.2, 0.25) is 5.78 Å². The molecule has 3 heteroatoms. The van der Waals surface area contributed by atoms with E-state index in [-0.39, 0.29) is 5.78 Å². The molecule has 0 radical (unpaired) electrons. The van der Waals surface area contributed by atoms with Gasteiger partial charge in [-0.05, 0) is 18.2 Å². The van der Waals surface area contributed by atoms with Crippen LogP contribution < -0.4 is 9.47 Å². The van der Waals surface area contributed by atoms with E-state index in [1.807, 2.05) is 30.3 Å². The monoisotopic (exact) mass is 266 g/mol. The number of hydrogen-bond acceptors (Lipinski definition) is 3. The second-order valence-electron chi connectivity index (χ2n) is 4.50. The van der Waals surface area contributed by atoms with Crippen molar-refractivity contribution in [3.05, 3.63) is 71.8 Å². The van der Waals surface area contributed by atoms with Crippen LogP contribution in [0.1, 0.15) is 21.5 Å². The fourth-order valence-corrected chi connectivity index (χ4v) is 2.29. The Labute approximate surface area is 117 Å². The van der Waals surface area contributed by atoms with Crippen molar-refractivity contribution in [1.82, 2.24) is 0 Å². The molecule has 0 fully saturated rings. The second-order valence-corrected chi connectivity index (χ2v) is 4.50. The van der Waals surface area contributed by atoms with Gasteiger partial charge in [-0.2, -0.15) is 0 Å². The van der Waals surface area contributed by atoms with Crippen LogP contribution in [0.2, 0.25) is 0 Å². The van der Waals surface area contributed by atoms with E-state index in [2.05, 4.69) is 6.58 Å². The number of benzene rings is 2. The van der Waals surface area contributed by atoms with Gasteiger partial charge in [-0.25, -0.2) is 0 Å². The van der Waals surface area contributed by atoms with E-state index < -0.39 is 0 Å². The Balaban J connectivity index is 2.13. The van der Waals surface area contributed by atoms with E-state index in [9.17, 15) is 4.79 Å². The lowest BCUT2D eigenvalue weighted by Gasteiger charge is -2.11. The number of ketones is 1. The minimum atomic E-state index is -0.0623. The van der Waals surface area contributed by atoms with Crippen molar-refractivity contribution in [2.45, 2.75) is 6.61 Å². The molecule has 1 aliphatic heterocycles. The summed E-state index contributed by atoms with van der Waals surface area (Å²) in [6, 6.07) is 12.8. The third kappa shape index (κ3) is 2.07. The van der Waals surface area contributed by atoms with E-state index >= 15 is 0 Å². The smallest absolute Gasteiger partial charge is 0.200 e. The summed E-state index contributed by atoms with van der Waals surface area (Å²) in [7, 11) is 0. The van der Waals surface area contributed by atoms with Crippen molar-refractivity contribution in [3.8, 4) is 11.5 Å². The van der Waals surface area contributed by atoms with Crippen LogP contribution in [0, 0.1) is 0 Å². The molecule has 0 bridgehead atoms. The number of para-hydroxylation sites is 1. The van der Waals surface area contributed by atoms with E-state index in [0.717, 1.165) is 5.56 Å². The van der Waals surface area contributed by atoms with Crippen LogP contribution in [0.25, 0.3) is 0 Å². The highest BCUT2D eigenvalue weighted by Gasteiger charge is 2.25. The van der Waals surface area contributed by atoms with Gasteiger partial charge < -0.3 is 9.47 Å². The van der Waals surface area contributed by atoms with Gasteiger partial charge in [-0.1, -0.05) is 36.9 Å². The first-order valence-corrected chi connectivity index (χ1v) is 6.43. The molecule has 0 aliphatic carbocycles. The highest BCUT2D eigenvalue weighted by molar-refractivity contribution is 6.13. The summed E-state index contributed by atoms with van der Waals surface area (Å²) >= 11 is 0. The van der Waals surface area contributed by atoms with E-state index in [1.165, 1.54) is 0 Å². The number of fused-ring (bicyclic) bond motifs is 2. The number of carbonyl (C=O) groups excluding carboxylic acids is 1. The zero-order chi connectivity index (χ0) is 13.9. The van der Waals surface area contributed by atoms with Crippen molar-refractivity contribution in [3.63, 3.8) is 0 Å². The molecule has 0 saturated carbocycles. The summed E-state index contributed by atoms with van der Waals surface area (Å²) in [5.74, 6) is 1.13. The van der Waals surface area contributed by atoms with E-state index in [1.54, 1.807) is 18.2 Å². The number of ether oxygens (including phenoxy) is 2. The summed E-state index contributed by atoms with van der Waals surface area (Å²) in [4.78, 5) is 12.7. The Bertz CT molecular complexity index is 674. The van der Waals surface area contributed by atoms with E-state index in [4.69, 9.17) is 9.47 Å². The van der Waals surface area contributed by atoms with Crippen LogP contribution in [0.3, 0.4) is 0 Å². The molecule has 0 saturated heterocycles. The number of hydrogen-bond donors (Lipinski definition) is 0. The van der Waals surface area contributed by atoms with Crippen molar-refractivity contribution >= 4 is 5.78 Å². The largest absolute Gasteiger partial charge is 0.489 e. The standard InChI is InChI=1S/C17H14O3/c1-2-10-19-15-9-5-6-12-11-20-14-8-4-3-7-13(14)17(18)16(12)15/h2-9H,1,10-11H2. The van der Waals surface area contributed by atoms with Gasteiger partial charge in [0.25, 0.3) is 0 Å². The highest BCUT2D eigenvalue weighted by Crippen LogP contribution is 2.33. The normalized spacial score (nSPS) is 12.7. The molecular weight excluding hydrogens is 252 g/mol. The lowest BCUT2D eigenvalue weighted by molar-refractivity contribution is 0.103. The van der Waals surface area contributed by atoms with Crippen molar-refractivity contribution in [1.29, 1.82) is 0 Å². The molecule has 0 atom stereocenters. The maximum Gasteiger partial charge on any atom is 0.200 e. The molecule has 100 valence electrons. The van der Waals surface area contributed by atoms with Crippen LogP contribution in [-0.4, -0.2) is 12.4 Å². The Kier molecular flexibility index (Phi) is 3.25. The second kappa shape index (κ2) is 5.21. The lowest BCUT2D eigenvalue weighted by atomic mass is 9.98. The van der Waals surface area contributed by atoms with Gasteiger partial charge in [-0.15, -0.1) is 0 Å².